The number of sulfonamides is 1. The summed E-state index contributed by atoms with van der Waals surface area (Å²) in [6.45, 7) is 2.12. The molecule has 1 aliphatic heterocycles. The third-order valence-electron chi connectivity index (χ3n) is 5.30. The monoisotopic (exact) mass is 440 g/mol. The van der Waals surface area contributed by atoms with Crippen molar-refractivity contribution in [2.45, 2.75) is 17.9 Å². The van der Waals surface area contributed by atoms with E-state index in [1.54, 1.807) is 11.8 Å². The van der Waals surface area contributed by atoms with Crippen LogP contribution in [-0.4, -0.2) is 37.8 Å². The fraction of sp³-hybridized carbons (Fsp3) is 0.174. The van der Waals surface area contributed by atoms with Gasteiger partial charge in [-0.05, 0) is 42.8 Å². The van der Waals surface area contributed by atoms with Gasteiger partial charge in [0.1, 0.15) is 6.04 Å². The van der Waals surface area contributed by atoms with Crippen LogP contribution in [0.2, 0.25) is 5.02 Å². The van der Waals surface area contributed by atoms with Gasteiger partial charge in [0.05, 0.1) is 10.6 Å². The SMILES string of the molecule is CC1C(=O)N(c2ccccc2-c2ccccc2)CCN1S(=O)(=O)c1ccc(Cl)cc1. The Labute approximate surface area is 181 Å². The van der Waals surface area contributed by atoms with E-state index in [4.69, 9.17) is 11.6 Å². The molecule has 4 rings (SSSR count). The molecule has 1 heterocycles. The normalized spacial score (nSPS) is 17.9. The summed E-state index contributed by atoms with van der Waals surface area (Å²) in [5.41, 5.74) is 2.72. The molecule has 0 spiro atoms. The number of carbonyl (C=O) groups excluding carboxylic acids is 1. The van der Waals surface area contributed by atoms with Gasteiger partial charge >= 0.3 is 0 Å². The van der Waals surface area contributed by atoms with E-state index in [0.717, 1.165) is 16.8 Å². The zero-order valence-corrected chi connectivity index (χ0v) is 18.0. The first-order chi connectivity index (χ1) is 14.4. The highest BCUT2D eigenvalue weighted by atomic mass is 35.5. The van der Waals surface area contributed by atoms with Crippen LogP contribution < -0.4 is 4.90 Å². The predicted molar refractivity (Wildman–Crippen MR) is 119 cm³/mol. The zero-order chi connectivity index (χ0) is 21.3. The van der Waals surface area contributed by atoms with Gasteiger partial charge in [-0.25, -0.2) is 8.42 Å². The average molecular weight is 441 g/mol. The first-order valence-corrected chi connectivity index (χ1v) is 11.4. The summed E-state index contributed by atoms with van der Waals surface area (Å²) in [4.78, 5) is 15.1. The molecule has 1 unspecified atom stereocenters. The molecule has 3 aromatic carbocycles. The predicted octanol–water partition coefficient (Wildman–Crippen LogP) is 4.43. The minimum absolute atomic E-state index is 0.129. The molecule has 0 radical (unpaired) electrons. The van der Waals surface area contributed by atoms with Crippen LogP contribution in [0.5, 0.6) is 0 Å². The lowest BCUT2D eigenvalue weighted by molar-refractivity contribution is -0.123. The van der Waals surface area contributed by atoms with Crippen molar-refractivity contribution in [1.29, 1.82) is 0 Å². The summed E-state index contributed by atoms with van der Waals surface area (Å²) in [6.07, 6.45) is 0. The number of carbonyl (C=O) groups is 1. The van der Waals surface area contributed by atoms with Crippen LogP contribution in [0.1, 0.15) is 6.92 Å². The van der Waals surface area contributed by atoms with E-state index in [0.29, 0.717) is 5.02 Å². The molecule has 1 amide bonds. The smallest absolute Gasteiger partial charge is 0.245 e. The van der Waals surface area contributed by atoms with E-state index < -0.39 is 16.1 Å². The van der Waals surface area contributed by atoms with Crippen LogP contribution in [0, 0.1) is 0 Å². The first kappa shape index (κ1) is 20.6. The molecule has 1 aliphatic rings. The number of anilines is 1. The minimum Gasteiger partial charge on any atom is -0.309 e. The molecule has 0 bridgehead atoms. The largest absolute Gasteiger partial charge is 0.309 e. The van der Waals surface area contributed by atoms with E-state index in [2.05, 4.69) is 0 Å². The molecule has 0 saturated carbocycles. The quantitative estimate of drug-likeness (QED) is 0.602. The molecule has 1 atom stereocenters. The standard InChI is InChI=1S/C23H21ClN2O3S/c1-17-23(27)25(22-10-6-5-9-21(22)18-7-3-2-4-8-18)15-16-26(17)30(28,29)20-13-11-19(24)12-14-20/h2-14,17H,15-16H2,1H3. The van der Waals surface area contributed by atoms with Crippen molar-refractivity contribution >= 4 is 33.2 Å². The van der Waals surface area contributed by atoms with E-state index in [9.17, 15) is 13.2 Å². The van der Waals surface area contributed by atoms with Gasteiger partial charge in [0.15, 0.2) is 0 Å². The summed E-state index contributed by atoms with van der Waals surface area (Å²) in [5.74, 6) is -0.248. The molecule has 0 aliphatic carbocycles. The van der Waals surface area contributed by atoms with Gasteiger partial charge in [-0.3, -0.25) is 4.79 Å². The second kappa shape index (κ2) is 8.22. The molecule has 7 heteroatoms. The molecular formula is C23H21ClN2O3S. The van der Waals surface area contributed by atoms with Crippen molar-refractivity contribution in [3.8, 4) is 11.1 Å². The Balaban J connectivity index is 1.65. The van der Waals surface area contributed by atoms with Crippen molar-refractivity contribution in [2.24, 2.45) is 0 Å². The summed E-state index contributed by atoms with van der Waals surface area (Å²) in [5, 5.41) is 0.459. The number of nitrogens with zero attached hydrogens (tertiary/aromatic N) is 2. The number of benzene rings is 3. The van der Waals surface area contributed by atoms with Crippen LogP contribution in [0.15, 0.2) is 83.8 Å². The molecule has 0 aromatic heterocycles. The highest BCUT2D eigenvalue weighted by Crippen LogP contribution is 2.33. The molecule has 30 heavy (non-hydrogen) atoms. The maximum atomic E-state index is 13.3. The lowest BCUT2D eigenvalue weighted by Gasteiger charge is -2.38. The number of piperazine rings is 1. The second-order valence-electron chi connectivity index (χ2n) is 7.12. The van der Waals surface area contributed by atoms with Crippen molar-refractivity contribution in [3.63, 3.8) is 0 Å². The molecule has 154 valence electrons. The second-order valence-corrected chi connectivity index (χ2v) is 9.45. The van der Waals surface area contributed by atoms with Crippen LogP contribution in [0.25, 0.3) is 11.1 Å². The molecule has 3 aromatic rings. The van der Waals surface area contributed by atoms with Crippen molar-refractivity contribution in [2.75, 3.05) is 18.0 Å². The number of hydrogen-bond acceptors (Lipinski definition) is 3. The first-order valence-electron chi connectivity index (χ1n) is 9.63. The molecule has 0 N–H and O–H groups in total. The van der Waals surface area contributed by atoms with Crippen LogP contribution in [0.4, 0.5) is 5.69 Å². The van der Waals surface area contributed by atoms with Crippen LogP contribution in [0.3, 0.4) is 0 Å². The van der Waals surface area contributed by atoms with Gasteiger partial charge in [-0.2, -0.15) is 4.31 Å². The lowest BCUT2D eigenvalue weighted by atomic mass is 10.0. The Bertz CT molecular complexity index is 1160. The summed E-state index contributed by atoms with van der Waals surface area (Å²) >= 11 is 5.88. The Hall–Kier alpha value is -2.67. The highest BCUT2D eigenvalue weighted by Gasteiger charge is 2.40. The summed E-state index contributed by atoms with van der Waals surface area (Å²) in [6, 6.07) is 22.7. The maximum Gasteiger partial charge on any atom is 0.245 e. The van der Waals surface area contributed by atoms with Crippen molar-refractivity contribution < 1.29 is 13.2 Å². The Kier molecular flexibility index (Phi) is 5.64. The van der Waals surface area contributed by atoms with Gasteiger partial charge in [-0.15, -0.1) is 0 Å². The molecule has 1 fully saturated rings. The fourth-order valence-electron chi connectivity index (χ4n) is 3.73. The zero-order valence-electron chi connectivity index (χ0n) is 16.4. The van der Waals surface area contributed by atoms with Gasteiger partial charge < -0.3 is 4.90 Å². The number of para-hydroxylation sites is 1. The van der Waals surface area contributed by atoms with E-state index in [-0.39, 0.29) is 23.9 Å². The van der Waals surface area contributed by atoms with Crippen molar-refractivity contribution in [3.05, 3.63) is 83.9 Å². The Morgan fingerprint density at radius 1 is 0.867 bits per heavy atom. The number of amides is 1. The van der Waals surface area contributed by atoms with Gasteiger partial charge in [-0.1, -0.05) is 60.1 Å². The molecule has 1 saturated heterocycles. The topological polar surface area (TPSA) is 57.7 Å². The van der Waals surface area contributed by atoms with E-state index in [1.165, 1.54) is 28.6 Å². The average Bonchev–Trinajstić information content (AvgIpc) is 2.76. The molecular weight excluding hydrogens is 420 g/mol. The third-order valence-corrected chi connectivity index (χ3v) is 7.54. The maximum absolute atomic E-state index is 13.3. The van der Waals surface area contributed by atoms with Gasteiger partial charge in [0.2, 0.25) is 15.9 Å². The van der Waals surface area contributed by atoms with Crippen LogP contribution >= 0.6 is 11.6 Å². The fourth-order valence-corrected chi connectivity index (χ4v) is 5.44. The molecule has 5 nitrogen and oxygen atoms in total. The lowest BCUT2D eigenvalue weighted by Crippen LogP contribution is -2.57. The Morgan fingerprint density at radius 2 is 1.50 bits per heavy atom. The summed E-state index contributed by atoms with van der Waals surface area (Å²) in [7, 11) is -3.80. The van der Waals surface area contributed by atoms with Gasteiger partial charge in [0, 0.05) is 23.7 Å². The number of halogens is 1. The minimum atomic E-state index is -3.80. The van der Waals surface area contributed by atoms with Gasteiger partial charge in [0.25, 0.3) is 0 Å². The van der Waals surface area contributed by atoms with E-state index in [1.807, 2.05) is 54.6 Å². The summed E-state index contributed by atoms with van der Waals surface area (Å²) < 4.78 is 27.5. The highest BCUT2D eigenvalue weighted by molar-refractivity contribution is 7.89. The van der Waals surface area contributed by atoms with Crippen LogP contribution in [-0.2, 0) is 14.8 Å². The van der Waals surface area contributed by atoms with Crippen molar-refractivity contribution in [1.82, 2.24) is 4.31 Å². The number of hydrogen-bond donors (Lipinski definition) is 0. The number of rotatable bonds is 4. The Morgan fingerprint density at radius 3 is 2.20 bits per heavy atom. The van der Waals surface area contributed by atoms with E-state index >= 15 is 0 Å². The third kappa shape index (κ3) is 3.74.